The molecule has 1 aliphatic rings. The minimum atomic E-state index is -0.410. The maximum atomic E-state index is 11.8. The standard InChI is InChI=1S/C13H13ClN2O2S/c14-11-5-3-10(4-6-11)12(17)15-8-16(13(18)19)7-9-1-2-9/h3-6,8-9H,1-2,7H2,(H,18,19). The molecular formula is C13H13ClN2O2S. The van der Waals surface area contributed by atoms with Crippen molar-refractivity contribution in [1.82, 2.24) is 4.90 Å². The summed E-state index contributed by atoms with van der Waals surface area (Å²) in [6.07, 6.45) is 3.47. The van der Waals surface area contributed by atoms with Crippen LogP contribution in [0.3, 0.4) is 0 Å². The first kappa shape index (κ1) is 14.1. The van der Waals surface area contributed by atoms with Crippen LogP contribution in [0.2, 0.25) is 5.02 Å². The lowest BCUT2D eigenvalue weighted by atomic mass is 10.2. The van der Waals surface area contributed by atoms with Gasteiger partial charge in [-0.2, -0.15) is 4.99 Å². The van der Waals surface area contributed by atoms with Crippen molar-refractivity contribution in [1.29, 1.82) is 0 Å². The molecule has 0 saturated heterocycles. The molecule has 0 N–H and O–H groups in total. The molecule has 0 spiro atoms. The molecule has 0 aliphatic heterocycles. The zero-order valence-electron chi connectivity index (χ0n) is 10.1. The van der Waals surface area contributed by atoms with Gasteiger partial charge in [0.25, 0.3) is 11.1 Å². The Morgan fingerprint density at radius 1 is 1.37 bits per heavy atom. The number of nitrogens with zero attached hydrogens (tertiary/aromatic N) is 2. The Morgan fingerprint density at radius 3 is 2.53 bits per heavy atom. The number of carbonyl (C=O) groups is 2. The molecule has 4 nitrogen and oxygen atoms in total. The van der Waals surface area contributed by atoms with Crippen molar-refractivity contribution < 1.29 is 9.59 Å². The van der Waals surface area contributed by atoms with E-state index >= 15 is 0 Å². The zero-order valence-corrected chi connectivity index (χ0v) is 11.8. The summed E-state index contributed by atoms with van der Waals surface area (Å²) in [6.45, 7) is 0.569. The number of aliphatic imine (C=N–C) groups is 1. The molecule has 1 aliphatic carbocycles. The van der Waals surface area contributed by atoms with Crippen LogP contribution in [-0.2, 0) is 0 Å². The number of benzene rings is 1. The number of halogens is 1. The SMILES string of the molecule is O=C(N=CN(CC1CC1)C(=O)S)c1ccc(Cl)cc1. The van der Waals surface area contributed by atoms with Gasteiger partial charge in [0.15, 0.2) is 0 Å². The highest BCUT2D eigenvalue weighted by Gasteiger charge is 2.25. The Morgan fingerprint density at radius 2 is 2.00 bits per heavy atom. The topological polar surface area (TPSA) is 49.7 Å². The highest BCUT2D eigenvalue weighted by atomic mass is 35.5. The summed E-state index contributed by atoms with van der Waals surface area (Å²) in [5.74, 6) is 0.0974. The summed E-state index contributed by atoms with van der Waals surface area (Å²) in [6, 6.07) is 6.43. The molecular weight excluding hydrogens is 284 g/mol. The third-order valence-corrected chi connectivity index (χ3v) is 3.31. The maximum absolute atomic E-state index is 11.8. The number of hydrogen-bond donors (Lipinski definition) is 1. The minimum absolute atomic E-state index is 0.403. The molecule has 2 amide bonds. The van der Waals surface area contributed by atoms with Gasteiger partial charge in [-0.3, -0.25) is 14.5 Å². The van der Waals surface area contributed by atoms with E-state index in [0.717, 1.165) is 12.8 Å². The second kappa shape index (κ2) is 6.21. The summed E-state index contributed by atoms with van der Waals surface area (Å²) in [7, 11) is 0. The number of carbonyl (C=O) groups excluding carboxylic acids is 2. The van der Waals surface area contributed by atoms with E-state index in [1.807, 2.05) is 0 Å². The van der Waals surface area contributed by atoms with E-state index in [-0.39, 0.29) is 0 Å². The van der Waals surface area contributed by atoms with Crippen LogP contribution in [0, 0.1) is 5.92 Å². The summed E-state index contributed by atoms with van der Waals surface area (Å²) < 4.78 is 0. The van der Waals surface area contributed by atoms with Gasteiger partial charge in [0.2, 0.25) is 0 Å². The van der Waals surface area contributed by atoms with Crippen molar-refractivity contribution in [2.75, 3.05) is 6.54 Å². The molecule has 0 atom stereocenters. The normalized spacial score (nSPS) is 14.6. The highest BCUT2D eigenvalue weighted by molar-refractivity contribution is 7.96. The molecule has 1 aromatic carbocycles. The van der Waals surface area contributed by atoms with Crippen LogP contribution in [0.1, 0.15) is 23.2 Å². The van der Waals surface area contributed by atoms with Crippen molar-refractivity contribution in [2.24, 2.45) is 10.9 Å². The molecule has 1 saturated carbocycles. The molecule has 0 radical (unpaired) electrons. The van der Waals surface area contributed by atoms with Crippen molar-refractivity contribution in [2.45, 2.75) is 12.8 Å². The molecule has 2 rings (SSSR count). The quantitative estimate of drug-likeness (QED) is 0.527. The second-order valence-electron chi connectivity index (χ2n) is 4.43. The van der Waals surface area contributed by atoms with Crippen LogP contribution >= 0.6 is 24.2 Å². The average Bonchev–Trinajstić information content (AvgIpc) is 3.18. The van der Waals surface area contributed by atoms with Crippen molar-refractivity contribution in [3.8, 4) is 0 Å². The van der Waals surface area contributed by atoms with Crippen LogP contribution in [0.25, 0.3) is 0 Å². The maximum Gasteiger partial charge on any atom is 0.283 e. The van der Waals surface area contributed by atoms with Crippen LogP contribution < -0.4 is 0 Å². The van der Waals surface area contributed by atoms with E-state index in [2.05, 4.69) is 17.6 Å². The number of amides is 2. The van der Waals surface area contributed by atoms with Gasteiger partial charge in [-0.1, -0.05) is 24.2 Å². The van der Waals surface area contributed by atoms with Crippen LogP contribution in [0.4, 0.5) is 4.79 Å². The van der Waals surface area contributed by atoms with E-state index in [1.165, 1.54) is 11.2 Å². The predicted octanol–water partition coefficient (Wildman–Crippen LogP) is 3.27. The first-order chi connectivity index (χ1) is 9.06. The monoisotopic (exact) mass is 296 g/mol. The van der Waals surface area contributed by atoms with Crippen LogP contribution in [-0.4, -0.2) is 28.9 Å². The van der Waals surface area contributed by atoms with Crippen LogP contribution in [0.5, 0.6) is 0 Å². The van der Waals surface area contributed by atoms with Gasteiger partial charge in [-0.25, -0.2) is 0 Å². The summed E-state index contributed by atoms with van der Waals surface area (Å²) in [4.78, 5) is 28.2. The van der Waals surface area contributed by atoms with Gasteiger partial charge in [-0.15, -0.1) is 0 Å². The van der Waals surface area contributed by atoms with Crippen molar-refractivity contribution in [3.05, 3.63) is 34.9 Å². The molecule has 0 heterocycles. The van der Waals surface area contributed by atoms with E-state index in [9.17, 15) is 9.59 Å². The van der Waals surface area contributed by atoms with Gasteiger partial charge in [0.05, 0.1) is 0 Å². The average molecular weight is 297 g/mol. The largest absolute Gasteiger partial charge is 0.293 e. The molecule has 19 heavy (non-hydrogen) atoms. The van der Waals surface area contributed by atoms with E-state index in [1.54, 1.807) is 24.3 Å². The molecule has 0 unspecified atom stereocenters. The number of thiol groups is 1. The first-order valence-corrected chi connectivity index (χ1v) is 6.72. The summed E-state index contributed by atoms with van der Waals surface area (Å²) in [5, 5.41) is 0.154. The smallest absolute Gasteiger partial charge is 0.283 e. The number of rotatable bonds is 4. The fourth-order valence-electron chi connectivity index (χ4n) is 1.54. The van der Waals surface area contributed by atoms with Crippen molar-refractivity contribution in [3.63, 3.8) is 0 Å². The molecule has 0 bridgehead atoms. The van der Waals surface area contributed by atoms with Gasteiger partial charge in [0, 0.05) is 17.1 Å². The van der Waals surface area contributed by atoms with Crippen molar-refractivity contribution >= 4 is 41.7 Å². The van der Waals surface area contributed by atoms with Crippen LogP contribution in [0.15, 0.2) is 29.3 Å². The Hall–Kier alpha value is -1.33. The minimum Gasteiger partial charge on any atom is -0.293 e. The van der Waals surface area contributed by atoms with Gasteiger partial charge < -0.3 is 0 Å². The Kier molecular flexibility index (Phi) is 4.61. The third kappa shape index (κ3) is 4.36. The molecule has 0 aromatic heterocycles. The van der Waals surface area contributed by atoms with Gasteiger partial charge in [0.1, 0.15) is 6.34 Å². The van der Waals surface area contributed by atoms with E-state index in [4.69, 9.17) is 11.6 Å². The van der Waals surface area contributed by atoms with Gasteiger partial charge in [-0.05, 0) is 43.0 Å². The first-order valence-electron chi connectivity index (χ1n) is 5.90. The zero-order chi connectivity index (χ0) is 13.8. The van der Waals surface area contributed by atoms with Gasteiger partial charge >= 0.3 is 0 Å². The lowest BCUT2D eigenvalue weighted by Gasteiger charge is -2.13. The highest BCUT2D eigenvalue weighted by Crippen LogP contribution is 2.29. The lowest BCUT2D eigenvalue weighted by molar-refractivity contribution is 0.100. The number of hydrogen-bond acceptors (Lipinski definition) is 2. The lowest BCUT2D eigenvalue weighted by Crippen LogP contribution is -2.27. The van der Waals surface area contributed by atoms with E-state index < -0.39 is 11.1 Å². The fourth-order valence-corrected chi connectivity index (χ4v) is 1.80. The van der Waals surface area contributed by atoms with E-state index in [0.29, 0.717) is 23.0 Å². The Labute approximate surface area is 121 Å². The Bertz CT molecular complexity index is 512. The summed E-state index contributed by atoms with van der Waals surface area (Å²) in [5.41, 5.74) is 0.429. The predicted molar refractivity (Wildman–Crippen MR) is 78.1 cm³/mol. The summed E-state index contributed by atoms with van der Waals surface area (Å²) >= 11 is 9.50. The fraction of sp³-hybridized carbons (Fsp3) is 0.308. The third-order valence-electron chi connectivity index (χ3n) is 2.80. The second-order valence-corrected chi connectivity index (χ2v) is 5.25. The molecule has 1 fully saturated rings. The molecule has 100 valence electrons. The molecule has 1 aromatic rings. The Balaban J connectivity index is 2.00. The molecule has 6 heteroatoms.